The molecule has 2 heterocycles. The van der Waals surface area contributed by atoms with Crippen molar-refractivity contribution in [2.75, 3.05) is 48.0 Å². The summed E-state index contributed by atoms with van der Waals surface area (Å²) in [5.74, 6) is -0.510. The number of aryl methyl sites for hydroxylation is 1. The van der Waals surface area contributed by atoms with E-state index in [1.165, 1.54) is 0 Å². The zero-order valence-corrected chi connectivity index (χ0v) is 18.9. The van der Waals surface area contributed by atoms with Gasteiger partial charge in [-0.3, -0.25) is 9.59 Å². The number of carbonyl (C=O) groups excluding carboxylic acids is 2. The number of hydrogen-bond acceptors (Lipinski definition) is 4. The zero-order valence-electron chi connectivity index (χ0n) is 17.3. The Morgan fingerprint density at radius 1 is 1.13 bits per heavy atom. The molecule has 2 fully saturated rings. The van der Waals surface area contributed by atoms with Gasteiger partial charge in [0.1, 0.15) is 0 Å². The maximum Gasteiger partial charge on any atom is 0.229 e. The first-order valence-electron chi connectivity index (χ1n) is 10.2. The van der Waals surface area contributed by atoms with E-state index in [-0.39, 0.29) is 24.2 Å². The fraction of sp³-hybridized carbons (Fsp3) is 0.391. The molecule has 2 aromatic rings. The molecule has 2 saturated heterocycles. The second kappa shape index (κ2) is 8.78. The predicted molar refractivity (Wildman–Crippen MR) is 122 cm³/mol. The lowest BCUT2D eigenvalue weighted by atomic mass is 10.1. The largest absolute Gasteiger partial charge is 0.378 e. The highest BCUT2D eigenvalue weighted by Crippen LogP contribution is 2.33. The third kappa shape index (κ3) is 4.23. The number of anilines is 3. The maximum absolute atomic E-state index is 13.1. The Balaban J connectivity index is 1.52. The normalized spacial score (nSPS) is 19.3. The van der Waals surface area contributed by atoms with Crippen LogP contribution in [0.3, 0.4) is 0 Å². The lowest BCUT2D eigenvalue weighted by Crippen LogP contribution is -2.37. The second-order valence-electron chi connectivity index (χ2n) is 7.87. The van der Waals surface area contributed by atoms with Crippen molar-refractivity contribution in [2.24, 2.45) is 5.92 Å². The van der Waals surface area contributed by atoms with Crippen molar-refractivity contribution in [2.45, 2.75) is 20.3 Å². The Bertz CT molecular complexity index is 972. The fourth-order valence-corrected chi connectivity index (χ4v) is 4.43. The van der Waals surface area contributed by atoms with E-state index >= 15 is 0 Å². The van der Waals surface area contributed by atoms with E-state index in [4.69, 9.17) is 4.74 Å². The summed E-state index contributed by atoms with van der Waals surface area (Å²) in [6, 6.07) is 11.8. The number of rotatable bonds is 4. The van der Waals surface area contributed by atoms with E-state index in [0.717, 1.165) is 45.8 Å². The van der Waals surface area contributed by atoms with Gasteiger partial charge in [0.15, 0.2) is 0 Å². The number of ether oxygens (including phenoxy) is 1. The van der Waals surface area contributed by atoms with Crippen LogP contribution in [0.4, 0.5) is 17.1 Å². The molecule has 4 rings (SSSR count). The molecule has 30 heavy (non-hydrogen) atoms. The van der Waals surface area contributed by atoms with Gasteiger partial charge in [-0.1, -0.05) is 28.1 Å². The summed E-state index contributed by atoms with van der Waals surface area (Å²) >= 11 is 3.50. The van der Waals surface area contributed by atoms with Crippen LogP contribution in [0.5, 0.6) is 0 Å². The molecule has 0 spiro atoms. The summed E-state index contributed by atoms with van der Waals surface area (Å²) in [6.07, 6.45) is 0.222. The highest BCUT2D eigenvalue weighted by Gasteiger charge is 2.36. The van der Waals surface area contributed by atoms with E-state index in [9.17, 15) is 9.59 Å². The van der Waals surface area contributed by atoms with E-state index in [1.807, 2.05) is 50.2 Å². The third-order valence-electron chi connectivity index (χ3n) is 5.93. The van der Waals surface area contributed by atoms with Gasteiger partial charge in [0.2, 0.25) is 11.8 Å². The van der Waals surface area contributed by atoms with Gasteiger partial charge in [-0.25, -0.2) is 0 Å². The number of carbonyl (C=O) groups is 2. The number of hydrogen-bond donors (Lipinski definition) is 1. The molecule has 0 saturated carbocycles. The predicted octanol–water partition coefficient (Wildman–Crippen LogP) is 3.89. The van der Waals surface area contributed by atoms with Gasteiger partial charge in [0.25, 0.3) is 0 Å². The molecule has 1 atom stereocenters. The highest BCUT2D eigenvalue weighted by molar-refractivity contribution is 9.10. The zero-order chi connectivity index (χ0) is 21.3. The number of amides is 2. The van der Waals surface area contributed by atoms with E-state index in [1.54, 1.807) is 4.90 Å². The van der Waals surface area contributed by atoms with Crippen LogP contribution in [0.15, 0.2) is 40.9 Å². The molecule has 2 amide bonds. The van der Waals surface area contributed by atoms with Crippen LogP contribution in [-0.2, 0) is 14.3 Å². The van der Waals surface area contributed by atoms with Gasteiger partial charge in [-0.05, 0) is 49.2 Å². The molecule has 0 aliphatic carbocycles. The smallest absolute Gasteiger partial charge is 0.229 e. The average Bonchev–Trinajstić information content (AvgIpc) is 3.12. The first-order chi connectivity index (χ1) is 14.4. The Hall–Kier alpha value is -2.38. The summed E-state index contributed by atoms with van der Waals surface area (Å²) in [4.78, 5) is 29.7. The quantitative estimate of drug-likeness (QED) is 0.734. The van der Waals surface area contributed by atoms with Crippen LogP contribution >= 0.6 is 15.9 Å². The number of benzene rings is 2. The molecule has 0 bridgehead atoms. The number of nitrogens with zero attached hydrogens (tertiary/aromatic N) is 2. The highest BCUT2D eigenvalue weighted by atomic mass is 79.9. The maximum atomic E-state index is 13.1. The molecule has 2 aromatic carbocycles. The van der Waals surface area contributed by atoms with Crippen molar-refractivity contribution in [3.05, 3.63) is 52.0 Å². The SMILES string of the molecule is Cc1cccc(N2CC(C(=O)Nc3cc(Br)ccc3N3CCOCC3)CC2=O)c1C. The van der Waals surface area contributed by atoms with Crippen molar-refractivity contribution >= 4 is 44.8 Å². The Kier molecular flexibility index (Phi) is 6.11. The lowest BCUT2D eigenvalue weighted by molar-refractivity contribution is -0.122. The van der Waals surface area contributed by atoms with E-state index in [0.29, 0.717) is 19.8 Å². The molecule has 0 radical (unpaired) electrons. The molecule has 1 unspecified atom stereocenters. The van der Waals surface area contributed by atoms with Crippen LogP contribution in [0.1, 0.15) is 17.5 Å². The van der Waals surface area contributed by atoms with E-state index in [2.05, 4.69) is 26.1 Å². The van der Waals surface area contributed by atoms with Gasteiger partial charge in [0.05, 0.1) is 30.5 Å². The van der Waals surface area contributed by atoms with Crippen molar-refractivity contribution in [3.8, 4) is 0 Å². The molecule has 2 aliphatic heterocycles. The van der Waals surface area contributed by atoms with Gasteiger partial charge in [0, 0.05) is 36.2 Å². The van der Waals surface area contributed by atoms with Gasteiger partial charge < -0.3 is 19.9 Å². The molecule has 7 heteroatoms. The van der Waals surface area contributed by atoms with Crippen molar-refractivity contribution < 1.29 is 14.3 Å². The summed E-state index contributed by atoms with van der Waals surface area (Å²) in [6.45, 7) is 7.36. The molecule has 2 aliphatic rings. The topological polar surface area (TPSA) is 61.9 Å². The van der Waals surface area contributed by atoms with Crippen molar-refractivity contribution in [3.63, 3.8) is 0 Å². The van der Waals surface area contributed by atoms with Gasteiger partial charge in [-0.2, -0.15) is 0 Å². The minimum absolute atomic E-state index is 0.00788. The Labute approximate surface area is 185 Å². The average molecular weight is 472 g/mol. The monoisotopic (exact) mass is 471 g/mol. The van der Waals surface area contributed by atoms with Crippen LogP contribution in [0, 0.1) is 19.8 Å². The summed E-state index contributed by atoms with van der Waals surface area (Å²) in [5, 5.41) is 3.08. The van der Waals surface area contributed by atoms with Gasteiger partial charge in [-0.15, -0.1) is 0 Å². The molecule has 158 valence electrons. The molecule has 1 N–H and O–H groups in total. The molecule has 0 aromatic heterocycles. The van der Waals surface area contributed by atoms with Crippen LogP contribution in [0.25, 0.3) is 0 Å². The molecule has 6 nitrogen and oxygen atoms in total. The summed E-state index contributed by atoms with van der Waals surface area (Å²) < 4.78 is 6.35. The third-order valence-corrected chi connectivity index (χ3v) is 6.42. The number of nitrogens with one attached hydrogen (secondary N) is 1. The number of morpholine rings is 1. The standard InChI is InChI=1S/C23H26BrN3O3/c1-15-4-3-5-20(16(15)2)27-14-17(12-22(27)28)23(29)25-19-13-18(24)6-7-21(19)26-8-10-30-11-9-26/h3-7,13,17H,8-12,14H2,1-2H3,(H,25,29). The summed E-state index contributed by atoms with van der Waals surface area (Å²) in [7, 11) is 0. The van der Waals surface area contributed by atoms with Crippen LogP contribution in [-0.4, -0.2) is 44.7 Å². The first kappa shape index (κ1) is 20.9. The molecular formula is C23H26BrN3O3. The molecular weight excluding hydrogens is 446 g/mol. The van der Waals surface area contributed by atoms with Crippen LogP contribution < -0.4 is 15.1 Å². The Morgan fingerprint density at radius 3 is 2.67 bits per heavy atom. The van der Waals surface area contributed by atoms with E-state index < -0.39 is 0 Å². The Morgan fingerprint density at radius 2 is 1.90 bits per heavy atom. The lowest BCUT2D eigenvalue weighted by Gasteiger charge is -2.30. The van der Waals surface area contributed by atoms with Crippen LogP contribution in [0.2, 0.25) is 0 Å². The first-order valence-corrected chi connectivity index (χ1v) is 11.0. The minimum atomic E-state index is -0.381. The van der Waals surface area contributed by atoms with Gasteiger partial charge >= 0.3 is 0 Å². The number of halogens is 1. The van der Waals surface area contributed by atoms with Crippen molar-refractivity contribution in [1.29, 1.82) is 0 Å². The van der Waals surface area contributed by atoms with Crippen molar-refractivity contribution in [1.82, 2.24) is 0 Å². The second-order valence-corrected chi connectivity index (χ2v) is 8.79. The minimum Gasteiger partial charge on any atom is -0.378 e. The fourth-order valence-electron chi connectivity index (χ4n) is 4.07. The summed E-state index contributed by atoms with van der Waals surface area (Å²) in [5.41, 5.74) is 4.84.